The van der Waals surface area contributed by atoms with Crippen molar-refractivity contribution in [2.24, 2.45) is 0 Å². The predicted octanol–water partition coefficient (Wildman–Crippen LogP) is 8.70. The number of para-hydroxylation sites is 3. The number of hydroxylamine groups is 1. The molecule has 0 unspecified atom stereocenters. The highest BCUT2D eigenvalue weighted by molar-refractivity contribution is 6.09. The lowest BCUT2D eigenvalue weighted by Crippen LogP contribution is -2.20. The number of pyridine rings is 1. The third-order valence-electron chi connectivity index (χ3n) is 7.42. The average molecular weight is 527 g/mol. The number of benzene rings is 4. The van der Waals surface area contributed by atoms with Crippen LogP contribution >= 0.6 is 0 Å². The molecule has 6 nitrogen and oxygen atoms in total. The van der Waals surface area contributed by atoms with Crippen LogP contribution in [0.1, 0.15) is 26.3 Å². The summed E-state index contributed by atoms with van der Waals surface area (Å²) in [6.07, 6.45) is 1.90. The van der Waals surface area contributed by atoms with E-state index in [-0.39, 0.29) is 5.41 Å². The van der Waals surface area contributed by atoms with Crippen molar-refractivity contribution in [2.45, 2.75) is 26.2 Å². The van der Waals surface area contributed by atoms with Crippen LogP contribution in [0.25, 0.3) is 27.6 Å². The minimum Gasteiger partial charge on any atom is -0.457 e. The van der Waals surface area contributed by atoms with Gasteiger partial charge in [-0.3, -0.25) is 4.57 Å². The zero-order valence-corrected chi connectivity index (χ0v) is 23.0. The smallest absolute Gasteiger partial charge is 0.137 e. The Bertz CT molecular complexity index is 1890. The van der Waals surface area contributed by atoms with Crippen molar-refractivity contribution in [1.29, 1.82) is 0 Å². The van der Waals surface area contributed by atoms with Crippen LogP contribution in [0.5, 0.6) is 11.5 Å². The van der Waals surface area contributed by atoms with E-state index in [1.165, 1.54) is 10.9 Å². The van der Waals surface area contributed by atoms with Crippen molar-refractivity contribution in [3.8, 4) is 17.3 Å². The highest BCUT2D eigenvalue weighted by atomic mass is 16.8. The van der Waals surface area contributed by atoms with Crippen LogP contribution in [0.15, 0.2) is 109 Å². The molecular formula is C34H30N4O2. The molecule has 6 heteroatoms. The fourth-order valence-electron chi connectivity index (χ4n) is 5.38. The van der Waals surface area contributed by atoms with Gasteiger partial charge in [-0.1, -0.05) is 57.2 Å². The van der Waals surface area contributed by atoms with Gasteiger partial charge in [0.1, 0.15) is 17.3 Å². The highest BCUT2D eigenvalue weighted by Gasteiger charge is 2.26. The van der Waals surface area contributed by atoms with Crippen LogP contribution in [0.3, 0.4) is 0 Å². The normalized spacial score (nSPS) is 13.3. The molecule has 2 aromatic heterocycles. The molecule has 0 atom stereocenters. The summed E-state index contributed by atoms with van der Waals surface area (Å²) in [6.45, 7) is 6.67. The van der Waals surface area contributed by atoms with Gasteiger partial charge in [0.25, 0.3) is 0 Å². The summed E-state index contributed by atoms with van der Waals surface area (Å²) in [7, 11) is 1.90. The van der Waals surface area contributed by atoms with Crippen molar-refractivity contribution in [3.05, 3.63) is 115 Å². The number of anilines is 3. The summed E-state index contributed by atoms with van der Waals surface area (Å²) in [5, 5.41) is 5.92. The van der Waals surface area contributed by atoms with E-state index in [1.807, 2.05) is 72.9 Å². The maximum Gasteiger partial charge on any atom is 0.137 e. The molecular weight excluding hydrogens is 496 g/mol. The molecule has 1 aliphatic rings. The number of fused-ring (bicyclic) bond motifs is 4. The molecule has 1 aliphatic heterocycles. The lowest BCUT2D eigenvalue weighted by atomic mass is 9.88. The third-order valence-corrected chi connectivity index (χ3v) is 7.42. The highest BCUT2D eigenvalue weighted by Crippen LogP contribution is 2.42. The Morgan fingerprint density at radius 2 is 1.45 bits per heavy atom. The minimum atomic E-state index is 0.0180. The van der Waals surface area contributed by atoms with Crippen molar-refractivity contribution in [1.82, 2.24) is 9.55 Å². The largest absolute Gasteiger partial charge is 0.457 e. The molecule has 0 N–H and O–H groups in total. The van der Waals surface area contributed by atoms with Gasteiger partial charge in [0.15, 0.2) is 0 Å². The molecule has 0 saturated carbocycles. The molecule has 0 fully saturated rings. The Balaban J connectivity index is 1.29. The van der Waals surface area contributed by atoms with Gasteiger partial charge in [-0.15, -0.1) is 4.94 Å². The molecule has 198 valence electrons. The first kappa shape index (κ1) is 24.2. The molecule has 0 amide bonds. The summed E-state index contributed by atoms with van der Waals surface area (Å²) in [5.41, 5.74) is 6.30. The monoisotopic (exact) mass is 526 g/mol. The molecule has 7 rings (SSSR count). The second-order valence-corrected chi connectivity index (χ2v) is 11.1. The van der Waals surface area contributed by atoms with Gasteiger partial charge < -0.3 is 4.74 Å². The van der Waals surface area contributed by atoms with E-state index in [0.29, 0.717) is 0 Å². The van der Waals surface area contributed by atoms with E-state index in [0.717, 1.165) is 50.8 Å². The first-order valence-corrected chi connectivity index (χ1v) is 13.5. The zero-order valence-electron chi connectivity index (χ0n) is 23.0. The standard InChI is InChI=1S/C34H30N4O2/c1-34(2,3)23-18-19-35-33(20-23)37-29-13-6-5-12-27(29)28-17-16-26(22-32(28)37)39-25-11-9-10-24(21-25)38-31-15-8-7-14-30(31)36(4)40-38/h5-22H,1-4H3. The summed E-state index contributed by atoms with van der Waals surface area (Å²) in [4.78, 5) is 10.8. The van der Waals surface area contributed by atoms with Crippen LogP contribution in [-0.4, -0.2) is 16.6 Å². The third kappa shape index (κ3) is 4.05. The molecule has 0 aliphatic carbocycles. The number of aromatic nitrogens is 2. The van der Waals surface area contributed by atoms with Crippen molar-refractivity contribution < 1.29 is 9.68 Å². The molecule has 0 spiro atoms. The maximum absolute atomic E-state index is 6.44. The first-order chi connectivity index (χ1) is 19.4. The van der Waals surface area contributed by atoms with Crippen LogP contribution in [-0.2, 0) is 10.4 Å². The Kier molecular flexibility index (Phi) is 5.54. The molecule has 40 heavy (non-hydrogen) atoms. The van der Waals surface area contributed by atoms with Crippen molar-refractivity contribution in [2.75, 3.05) is 17.2 Å². The Labute approximate surface area is 233 Å². The quantitative estimate of drug-likeness (QED) is 0.230. The Morgan fingerprint density at radius 1 is 0.700 bits per heavy atom. The topological polar surface area (TPSA) is 42.8 Å². The average Bonchev–Trinajstić information content (AvgIpc) is 3.47. The molecule has 4 aromatic carbocycles. The van der Waals surface area contributed by atoms with Crippen LogP contribution in [0.2, 0.25) is 0 Å². The lowest BCUT2D eigenvalue weighted by Gasteiger charge is -2.20. The van der Waals surface area contributed by atoms with Crippen LogP contribution in [0, 0.1) is 0 Å². The fourth-order valence-corrected chi connectivity index (χ4v) is 5.38. The van der Waals surface area contributed by atoms with Crippen molar-refractivity contribution >= 4 is 38.9 Å². The van der Waals surface area contributed by atoms with Gasteiger partial charge in [0.05, 0.1) is 28.1 Å². The van der Waals surface area contributed by atoms with Gasteiger partial charge in [0.2, 0.25) is 0 Å². The first-order valence-electron chi connectivity index (χ1n) is 13.5. The Morgan fingerprint density at radius 3 is 2.30 bits per heavy atom. The minimum absolute atomic E-state index is 0.0180. The van der Waals surface area contributed by atoms with E-state index >= 15 is 0 Å². The van der Waals surface area contributed by atoms with Crippen LogP contribution < -0.4 is 14.9 Å². The summed E-state index contributed by atoms with van der Waals surface area (Å²) < 4.78 is 8.67. The number of nitrogens with zero attached hydrogens (tertiary/aromatic N) is 4. The summed E-state index contributed by atoms with van der Waals surface area (Å²) >= 11 is 0. The molecule has 0 saturated heterocycles. The molecule has 0 radical (unpaired) electrons. The fraction of sp³-hybridized carbons (Fsp3) is 0.147. The van der Waals surface area contributed by atoms with E-state index < -0.39 is 0 Å². The Hall–Kier alpha value is -4.81. The summed E-state index contributed by atoms with van der Waals surface area (Å²) in [6, 6.07) is 35.1. The van der Waals surface area contributed by atoms with Gasteiger partial charge in [0, 0.05) is 36.1 Å². The second-order valence-electron chi connectivity index (χ2n) is 11.1. The number of hydrogen-bond acceptors (Lipinski definition) is 5. The van der Waals surface area contributed by atoms with E-state index in [4.69, 9.17) is 14.7 Å². The number of hydrogen-bond donors (Lipinski definition) is 0. The van der Waals surface area contributed by atoms with Gasteiger partial charge in [-0.2, -0.15) is 5.06 Å². The maximum atomic E-state index is 6.44. The van der Waals surface area contributed by atoms with Gasteiger partial charge in [-0.05, 0) is 65.6 Å². The van der Waals surface area contributed by atoms with Gasteiger partial charge >= 0.3 is 0 Å². The van der Waals surface area contributed by atoms with Crippen molar-refractivity contribution in [3.63, 3.8) is 0 Å². The van der Waals surface area contributed by atoms with E-state index in [2.05, 4.69) is 73.9 Å². The molecule has 6 aromatic rings. The number of rotatable bonds is 4. The zero-order chi connectivity index (χ0) is 27.4. The molecule has 3 heterocycles. The van der Waals surface area contributed by atoms with Gasteiger partial charge in [-0.25, -0.2) is 10.0 Å². The number of ether oxygens (including phenoxy) is 1. The summed E-state index contributed by atoms with van der Waals surface area (Å²) in [5.74, 6) is 2.37. The second kappa shape index (κ2) is 9.14. The SMILES string of the molecule is CN1ON(c2cccc(Oc3ccc4c5ccccc5n(-c5cc(C(C)(C)C)ccn5)c4c3)c2)c2ccccc21. The van der Waals surface area contributed by atoms with E-state index in [9.17, 15) is 0 Å². The molecule has 0 bridgehead atoms. The lowest BCUT2D eigenvalue weighted by molar-refractivity contribution is 0.142. The van der Waals surface area contributed by atoms with E-state index in [1.54, 1.807) is 5.06 Å². The van der Waals surface area contributed by atoms with Crippen LogP contribution in [0.4, 0.5) is 17.1 Å². The predicted molar refractivity (Wildman–Crippen MR) is 162 cm³/mol.